The van der Waals surface area contributed by atoms with Crippen molar-refractivity contribution in [3.8, 4) is 5.75 Å². The van der Waals surface area contributed by atoms with Gasteiger partial charge in [-0.05, 0) is 42.7 Å². The predicted octanol–water partition coefficient (Wildman–Crippen LogP) is 2.20. The van der Waals surface area contributed by atoms with Gasteiger partial charge in [-0.15, -0.1) is 0 Å². The minimum Gasteiger partial charge on any atom is -0.490 e. The van der Waals surface area contributed by atoms with Crippen LogP contribution < -0.4 is 10.5 Å². The first-order chi connectivity index (χ1) is 12.0. The lowest BCUT2D eigenvalue weighted by molar-refractivity contribution is 0.254. The van der Waals surface area contributed by atoms with Crippen molar-refractivity contribution >= 4 is 10.0 Å². The molecule has 1 aliphatic heterocycles. The Morgan fingerprint density at radius 1 is 1.16 bits per heavy atom. The minimum absolute atomic E-state index is 0.0891. The molecule has 2 aromatic rings. The molecule has 1 atom stereocenters. The Labute approximate surface area is 149 Å². The average Bonchev–Trinajstić information content (AvgIpc) is 2.98. The van der Waals surface area contributed by atoms with Gasteiger partial charge in [0.1, 0.15) is 11.9 Å². The summed E-state index contributed by atoms with van der Waals surface area (Å²) in [4.78, 5) is 0.311. The quantitative estimate of drug-likeness (QED) is 0.822. The molecule has 0 bridgehead atoms. The smallest absolute Gasteiger partial charge is 0.243 e. The SMILES string of the molecule is CC1Cc2cc(S(=O)(=O)N(CCN)CCc3ccccc3)ccc2O1. The second-order valence-electron chi connectivity index (χ2n) is 6.33. The van der Waals surface area contributed by atoms with Crippen LogP contribution in [0, 0.1) is 0 Å². The molecule has 0 saturated heterocycles. The largest absolute Gasteiger partial charge is 0.490 e. The van der Waals surface area contributed by atoms with E-state index in [0.29, 0.717) is 31.0 Å². The molecular weight excluding hydrogens is 336 g/mol. The van der Waals surface area contributed by atoms with Crippen LogP contribution in [0.4, 0.5) is 0 Å². The standard InChI is InChI=1S/C19H24N2O3S/c1-15-13-17-14-18(7-8-19(17)24-15)25(22,23)21(12-10-20)11-9-16-5-3-2-4-6-16/h2-8,14-15H,9-13,20H2,1H3. The Kier molecular flexibility index (Phi) is 5.42. The number of benzene rings is 2. The molecule has 1 heterocycles. The molecule has 1 unspecified atom stereocenters. The molecule has 1 aliphatic rings. The summed E-state index contributed by atoms with van der Waals surface area (Å²) in [5.41, 5.74) is 7.71. The number of sulfonamides is 1. The molecule has 0 aromatic heterocycles. The van der Waals surface area contributed by atoms with E-state index in [4.69, 9.17) is 10.5 Å². The molecule has 0 spiro atoms. The van der Waals surface area contributed by atoms with E-state index in [1.165, 1.54) is 4.31 Å². The zero-order chi connectivity index (χ0) is 17.9. The van der Waals surface area contributed by atoms with Gasteiger partial charge >= 0.3 is 0 Å². The Morgan fingerprint density at radius 2 is 1.92 bits per heavy atom. The van der Waals surface area contributed by atoms with Crippen molar-refractivity contribution in [2.75, 3.05) is 19.6 Å². The number of rotatable bonds is 7. The highest BCUT2D eigenvalue weighted by molar-refractivity contribution is 7.89. The first kappa shape index (κ1) is 17.9. The number of ether oxygens (including phenoxy) is 1. The van der Waals surface area contributed by atoms with Gasteiger partial charge in [0, 0.05) is 26.1 Å². The predicted molar refractivity (Wildman–Crippen MR) is 98.2 cm³/mol. The zero-order valence-corrected chi connectivity index (χ0v) is 15.2. The molecule has 5 nitrogen and oxygen atoms in total. The summed E-state index contributed by atoms with van der Waals surface area (Å²) in [7, 11) is -3.57. The van der Waals surface area contributed by atoms with Crippen LogP contribution >= 0.6 is 0 Å². The molecule has 0 saturated carbocycles. The Hall–Kier alpha value is -1.89. The molecule has 0 radical (unpaired) electrons. The molecule has 0 aliphatic carbocycles. The second kappa shape index (κ2) is 7.56. The highest BCUT2D eigenvalue weighted by Gasteiger charge is 2.27. The van der Waals surface area contributed by atoms with Crippen LogP contribution in [-0.2, 0) is 22.9 Å². The van der Waals surface area contributed by atoms with Gasteiger partial charge in [0.2, 0.25) is 10.0 Å². The Bertz CT molecular complexity index is 822. The van der Waals surface area contributed by atoms with Crippen LogP contribution in [0.3, 0.4) is 0 Å². The maximum Gasteiger partial charge on any atom is 0.243 e. The lowest BCUT2D eigenvalue weighted by Gasteiger charge is -2.22. The van der Waals surface area contributed by atoms with Gasteiger partial charge in [-0.2, -0.15) is 4.31 Å². The van der Waals surface area contributed by atoms with Gasteiger partial charge in [0.05, 0.1) is 4.90 Å². The molecular formula is C19H24N2O3S. The molecule has 134 valence electrons. The van der Waals surface area contributed by atoms with E-state index in [1.807, 2.05) is 37.3 Å². The zero-order valence-electron chi connectivity index (χ0n) is 14.4. The summed E-state index contributed by atoms with van der Waals surface area (Å²) >= 11 is 0. The van der Waals surface area contributed by atoms with E-state index >= 15 is 0 Å². The average molecular weight is 360 g/mol. The maximum absolute atomic E-state index is 13.1. The van der Waals surface area contributed by atoms with Crippen LogP contribution in [0.2, 0.25) is 0 Å². The Morgan fingerprint density at radius 3 is 2.64 bits per heavy atom. The number of nitrogens with two attached hydrogens (primary N) is 1. The molecule has 25 heavy (non-hydrogen) atoms. The van der Waals surface area contributed by atoms with Crippen molar-refractivity contribution in [2.24, 2.45) is 5.73 Å². The highest BCUT2D eigenvalue weighted by atomic mass is 32.2. The van der Waals surface area contributed by atoms with Crippen molar-refractivity contribution < 1.29 is 13.2 Å². The van der Waals surface area contributed by atoms with Crippen LogP contribution in [-0.4, -0.2) is 38.5 Å². The van der Waals surface area contributed by atoms with Crippen molar-refractivity contribution in [3.63, 3.8) is 0 Å². The second-order valence-corrected chi connectivity index (χ2v) is 8.27. The number of fused-ring (bicyclic) bond motifs is 1. The molecule has 2 aromatic carbocycles. The van der Waals surface area contributed by atoms with Gasteiger partial charge in [-0.3, -0.25) is 0 Å². The molecule has 2 N–H and O–H groups in total. The van der Waals surface area contributed by atoms with Gasteiger partial charge in [-0.1, -0.05) is 30.3 Å². The fraction of sp³-hybridized carbons (Fsp3) is 0.368. The van der Waals surface area contributed by atoms with E-state index in [1.54, 1.807) is 18.2 Å². The summed E-state index contributed by atoms with van der Waals surface area (Å²) in [6.45, 7) is 2.99. The Balaban J connectivity index is 1.81. The molecule has 6 heteroatoms. The fourth-order valence-corrected chi connectivity index (χ4v) is 4.61. The summed E-state index contributed by atoms with van der Waals surface area (Å²) in [5.74, 6) is 0.779. The van der Waals surface area contributed by atoms with Crippen molar-refractivity contribution in [1.29, 1.82) is 0 Å². The maximum atomic E-state index is 13.1. The summed E-state index contributed by atoms with van der Waals surface area (Å²) in [5, 5.41) is 0. The number of nitrogens with zero attached hydrogens (tertiary/aromatic N) is 1. The third-order valence-corrected chi connectivity index (χ3v) is 6.27. The summed E-state index contributed by atoms with van der Waals surface area (Å²) in [6.07, 6.45) is 1.48. The van der Waals surface area contributed by atoms with E-state index < -0.39 is 10.0 Å². The van der Waals surface area contributed by atoms with E-state index in [2.05, 4.69) is 0 Å². The van der Waals surface area contributed by atoms with Crippen LogP contribution in [0.1, 0.15) is 18.1 Å². The van der Waals surface area contributed by atoms with E-state index in [0.717, 1.165) is 23.3 Å². The first-order valence-electron chi connectivity index (χ1n) is 8.54. The van der Waals surface area contributed by atoms with Crippen LogP contribution in [0.5, 0.6) is 5.75 Å². The van der Waals surface area contributed by atoms with Gasteiger partial charge < -0.3 is 10.5 Å². The first-order valence-corrected chi connectivity index (χ1v) is 9.98. The lowest BCUT2D eigenvalue weighted by atomic mass is 10.1. The van der Waals surface area contributed by atoms with E-state index in [-0.39, 0.29) is 6.10 Å². The lowest BCUT2D eigenvalue weighted by Crippen LogP contribution is -2.37. The minimum atomic E-state index is -3.57. The van der Waals surface area contributed by atoms with Crippen molar-refractivity contribution in [3.05, 3.63) is 59.7 Å². The molecule has 0 fully saturated rings. The van der Waals surface area contributed by atoms with Gasteiger partial charge in [0.15, 0.2) is 0 Å². The van der Waals surface area contributed by atoms with Gasteiger partial charge in [0.25, 0.3) is 0 Å². The number of hydrogen-bond acceptors (Lipinski definition) is 4. The number of hydrogen-bond donors (Lipinski definition) is 1. The monoisotopic (exact) mass is 360 g/mol. The van der Waals surface area contributed by atoms with Crippen LogP contribution in [0.15, 0.2) is 53.4 Å². The van der Waals surface area contributed by atoms with E-state index in [9.17, 15) is 8.42 Å². The normalized spacial score (nSPS) is 16.7. The summed E-state index contributed by atoms with van der Waals surface area (Å²) in [6, 6.07) is 15.0. The van der Waals surface area contributed by atoms with Gasteiger partial charge in [-0.25, -0.2) is 8.42 Å². The fourth-order valence-electron chi connectivity index (χ4n) is 3.10. The third-order valence-electron chi connectivity index (χ3n) is 4.38. The molecule has 3 rings (SSSR count). The molecule has 0 amide bonds. The third kappa shape index (κ3) is 4.03. The van der Waals surface area contributed by atoms with Crippen molar-refractivity contribution in [2.45, 2.75) is 30.8 Å². The summed E-state index contributed by atoms with van der Waals surface area (Å²) < 4.78 is 33.2. The van der Waals surface area contributed by atoms with Crippen LogP contribution in [0.25, 0.3) is 0 Å². The highest BCUT2D eigenvalue weighted by Crippen LogP contribution is 2.31. The van der Waals surface area contributed by atoms with Crippen molar-refractivity contribution in [1.82, 2.24) is 4.31 Å². The topological polar surface area (TPSA) is 72.6 Å².